The maximum atomic E-state index is 12.3. The second-order valence-corrected chi connectivity index (χ2v) is 6.54. The second-order valence-electron chi connectivity index (χ2n) is 4.38. The Labute approximate surface area is 157 Å². The molecule has 0 aliphatic heterocycles. The van der Waals surface area contributed by atoms with Gasteiger partial charge < -0.3 is 10.1 Å². The van der Waals surface area contributed by atoms with Crippen LogP contribution < -0.4 is 15.4 Å². The van der Waals surface area contributed by atoms with Gasteiger partial charge in [0.2, 0.25) is 0 Å². The van der Waals surface area contributed by atoms with Gasteiger partial charge in [-0.1, -0.05) is 39.1 Å². The maximum absolute atomic E-state index is 12.3. The van der Waals surface area contributed by atoms with Crippen molar-refractivity contribution in [3.05, 3.63) is 56.5 Å². The number of hydrogen-bond acceptors (Lipinski definition) is 3. The van der Waals surface area contributed by atoms with Crippen molar-refractivity contribution in [3.63, 3.8) is 0 Å². The largest absolute Gasteiger partial charge is 0.496 e. The van der Waals surface area contributed by atoms with E-state index in [4.69, 9.17) is 40.2 Å². The van der Waals surface area contributed by atoms with Crippen molar-refractivity contribution in [2.45, 2.75) is 0 Å². The van der Waals surface area contributed by atoms with Crippen molar-refractivity contribution in [1.29, 1.82) is 0 Å². The fraction of sp³-hybridized carbons (Fsp3) is 0.0667. The van der Waals surface area contributed by atoms with E-state index in [1.54, 1.807) is 36.4 Å². The first-order valence-electron chi connectivity index (χ1n) is 6.31. The third-order valence-electron chi connectivity index (χ3n) is 2.81. The van der Waals surface area contributed by atoms with Gasteiger partial charge in [0.15, 0.2) is 5.11 Å². The molecule has 0 aliphatic carbocycles. The average molecular weight is 434 g/mol. The van der Waals surface area contributed by atoms with Gasteiger partial charge in [-0.25, -0.2) is 0 Å². The van der Waals surface area contributed by atoms with Gasteiger partial charge in [-0.15, -0.1) is 0 Å². The first-order chi connectivity index (χ1) is 10.9. The lowest BCUT2D eigenvalue weighted by atomic mass is 10.2. The topological polar surface area (TPSA) is 50.4 Å². The number of thiocarbonyl (C=S) groups is 1. The summed E-state index contributed by atoms with van der Waals surface area (Å²) >= 11 is 20.4. The number of nitrogens with one attached hydrogen (secondary N) is 2. The molecule has 2 N–H and O–H groups in total. The first-order valence-corrected chi connectivity index (χ1v) is 8.27. The van der Waals surface area contributed by atoms with Crippen LogP contribution in [0.25, 0.3) is 0 Å². The summed E-state index contributed by atoms with van der Waals surface area (Å²) in [6, 6.07) is 10.0. The molecule has 0 aromatic heterocycles. The first kappa shape index (κ1) is 18.0. The summed E-state index contributed by atoms with van der Waals surface area (Å²) in [7, 11) is 1.49. The quantitative estimate of drug-likeness (QED) is 0.676. The number of amides is 1. The number of halogens is 3. The molecule has 120 valence electrons. The Morgan fingerprint density at radius 2 is 1.96 bits per heavy atom. The van der Waals surface area contributed by atoms with Crippen LogP contribution >= 0.6 is 51.3 Å². The van der Waals surface area contributed by atoms with E-state index in [1.165, 1.54) is 7.11 Å². The maximum Gasteiger partial charge on any atom is 0.261 e. The summed E-state index contributed by atoms with van der Waals surface area (Å²) in [5.41, 5.74) is 0.855. The van der Waals surface area contributed by atoms with Gasteiger partial charge in [0.1, 0.15) is 5.75 Å². The van der Waals surface area contributed by atoms with Crippen molar-refractivity contribution in [3.8, 4) is 5.75 Å². The molecule has 4 nitrogen and oxygen atoms in total. The van der Waals surface area contributed by atoms with Crippen molar-refractivity contribution in [2.24, 2.45) is 0 Å². The van der Waals surface area contributed by atoms with Crippen molar-refractivity contribution in [2.75, 3.05) is 12.4 Å². The van der Waals surface area contributed by atoms with Crippen molar-refractivity contribution < 1.29 is 9.53 Å². The highest BCUT2D eigenvalue weighted by molar-refractivity contribution is 9.10. The van der Waals surface area contributed by atoms with E-state index < -0.39 is 5.91 Å². The summed E-state index contributed by atoms with van der Waals surface area (Å²) in [5, 5.41) is 6.44. The Bertz CT molecular complexity index is 771. The Balaban J connectivity index is 2.12. The molecule has 8 heteroatoms. The van der Waals surface area contributed by atoms with E-state index in [1.807, 2.05) is 0 Å². The number of carbonyl (C=O) groups is 1. The molecule has 0 saturated carbocycles. The van der Waals surface area contributed by atoms with E-state index in [0.717, 1.165) is 4.47 Å². The van der Waals surface area contributed by atoms with Crippen LogP contribution in [0.5, 0.6) is 5.75 Å². The zero-order chi connectivity index (χ0) is 17.0. The third kappa shape index (κ3) is 4.81. The molecule has 2 rings (SSSR count). The van der Waals surface area contributed by atoms with Crippen LogP contribution in [0.4, 0.5) is 5.69 Å². The number of anilines is 1. The second kappa shape index (κ2) is 7.97. The van der Waals surface area contributed by atoms with Crippen molar-refractivity contribution >= 4 is 68.1 Å². The van der Waals surface area contributed by atoms with Gasteiger partial charge in [-0.2, -0.15) is 0 Å². The molecule has 0 unspecified atom stereocenters. The molecule has 0 saturated heterocycles. The predicted octanol–water partition coefficient (Wildman–Crippen LogP) is 4.89. The Kier molecular flexibility index (Phi) is 6.24. The summed E-state index contributed by atoms with van der Waals surface area (Å²) in [6.07, 6.45) is 0. The molecule has 0 fully saturated rings. The fourth-order valence-electron chi connectivity index (χ4n) is 1.77. The lowest BCUT2D eigenvalue weighted by Crippen LogP contribution is -2.34. The van der Waals surface area contributed by atoms with Gasteiger partial charge in [-0.3, -0.25) is 10.1 Å². The summed E-state index contributed by atoms with van der Waals surface area (Å²) in [4.78, 5) is 12.3. The number of hydrogen-bond donors (Lipinski definition) is 2. The molecule has 0 atom stereocenters. The van der Waals surface area contributed by atoms with Gasteiger partial charge >= 0.3 is 0 Å². The molecule has 2 aromatic rings. The summed E-state index contributed by atoms with van der Waals surface area (Å²) < 4.78 is 5.92. The average Bonchev–Trinajstić information content (AvgIpc) is 2.50. The highest BCUT2D eigenvalue weighted by atomic mass is 79.9. The third-order valence-corrected chi connectivity index (χ3v) is 4.07. The molecule has 1 amide bonds. The van der Waals surface area contributed by atoms with Gasteiger partial charge in [0, 0.05) is 9.50 Å². The zero-order valence-electron chi connectivity index (χ0n) is 11.8. The monoisotopic (exact) mass is 432 g/mol. The van der Waals surface area contributed by atoms with E-state index >= 15 is 0 Å². The van der Waals surface area contributed by atoms with Crippen LogP contribution in [0, 0.1) is 0 Å². The van der Waals surface area contributed by atoms with E-state index in [-0.39, 0.29) is 5.11 Å². The van der Waals surface area contributed by atoms with E-state index in [9.17, 15) is 4.79 Å². The highest BCUT2D eigenvalue weighted by Gasteiger charge is 2.14. The minimum absolute atomic E-state index is 0.0983. The van der Waals surface area contributed by atoms with Crippen molar-refractivity contribution in [1.82, 2.24) is 5.32 Å². The lowest BCUT2D eigenvalue weighted by Gasteiger charge is -2.13. The molecule has 2 aromatic carbocycles. The molecule has 0 aliphatic rings. The number of ether oxygens (including phenoxy) is 1. The summed E-state index contributed by atoms with van der Waals surface area (Å²) in [6.45, 7) is 0. The van der Waals surface area contributed by atoms with Gasteiger partial charge in [0.05, 0.1) is 23.4 Å². The van der Waals surface area contributed by atoms with Gasteiger partial charge in [-0.05, 0) is 48.6 Å². The van der Waals surface area contributed by atoms with E-state index in [0.29, 0.717) is 27.0 Å². The minimum Gasteiger partial charge on any atom is -0.496 e. The number of carbonyl (C=O) groups excluding carboxylic acids is 1. The molecule has 0 spiro atoms. The molecular formula is C15H11BrCl2N2O2S. The Morgan fingerprint density at radius 3 is 2.65 bits per heavy atom. The number of benzene rings is 2. The van der Waals surface area contributed by atoms with Crippen LogP contribution in [-0.4, -0.2) is 18.1 Å². The van der Waals surface area contributed by atoms with Gasteiger partial charge in [0.25, 0.3) is 5.91 Å². The van der Waals surface area contributed by atoms with Crippen LogP contribution in [0.1, 0.15) is 10.4 Å². The number of methoxy groups -OCH3 is 1. The Hall–Kier alpha value is -1.34. The van der Waals surface area contributed by atoms with Crippen LogP contribution in [0.15, 0.2) is 40.9 Å². The standard InChI is InChI=1S/C15H11BrCl2N2O2S/c1-22-13-5-2-8(16)6-10(13)14(21)20-15(23)19-12-7-9(17)3-4-11(12)18/h2-7H,1H3,(H2,19,20,21,23). The lowest BCUT2D eigenvalue weighted by molar-refractivity contribution is 0.0974. The molecular weight excluding hydrogens is 423 g/mol. The van der Waals surface area contributed by atoms with Crippen LogP contribution in [-0.2, 0) is 0 Å². The van der Waals surface area contributed by atoms with Crippen LogP contribution in [0.3, 0.4) is 0 Å². The smallest absolute Gasteiger partial charge is 0.261 e. The molecule has 0 radical (unpaired) electrons. The minimum atomic E-state index is -0.404. The van der Waals surface area contributed by atoms with E-state index in [2.05, 4.69) is 26.6 Å². The molecule has 0 heterocycles. The molecule has 0 bridgehead atoms. The fourth-order valence-corrected chi connectivity index (χ4v) is 2.68. The summed E-state index contributed by atoms with van der Waals surface area (Å²) in [5.74, 6) is 0.0353. The predicted molar refractivity (Wildman–Crippen MR) is 101 cm³/mol. The SMILES string of the molecule is COc1ccc(Br)cc1C(=O)NC(=S)Nc1cc(Cl)ccc1Cl. The highest BCUT2D eigenvalue weighted by Crippen LogP contribution is 2.26. The van der Waals surface area contributed by atoms with Crippen LogP contribution in [0.2, 0.25) is 10.0 Å². The Morgan fingerprint density at radius 1 is 1.22 bits per heavy atom. The normalized spacial score (nSPS) is 10.1. The zero-order valence-corrected chi connectivity index (χ0v) is 15.7. The molecule has 23 heavy (non-hydrogen) atoms. The number of rotatable bonds is 3.